The second kappa shape index (κ2) is 9.63. The molecule has 1 fully saturated rings. The number of likely N-dealkylation sites (tertiary alicyclic amines) is 1. The standard InChI is InChI=1S/C29H27FN8O/c1-37-17-19(15-33-37)25-14-24-27(16-32-25)35-36-28(24)26-13-23-22(4-5-31-29(23)34-26)18-10-20(30)12-21(11-18)39-9-8-38-6-2-3-7-38/h4-5,10-17H,2-3,6-9H2,1H3,(H,31,34)(H,35,36). The van der Waals surface area contributed by atoms with Crippen molar-refractivity contribution in [1.82, 2.24) is 39.8 Å². The largest absolute Gasteiger partial charge is 0.492 e. The summed E-state index contributed by atoms with van der Waals surface area (Å²) in [7, 11) is 1.88. The van der Waals surface area contributed by atoms with Crippen molar-refractivity contribution in [2.75, 3.05) is 26.2 Å². The molecule has 196 valence electrons. The number of hydrogen-bond donors (Lipinski definition) is 2. The Morgan fingerprint density at radius 3 is 2.74 bits per heavy atom. The van der Waals surface area contributed by atoms with Gasteiger partial charge < -0.3 is 9.72 Å². The lowest BCUT2D eigenvalue weighted by Gasteiger charge is -2.15. The predicted octanol–water partition coefficient (Wildman–Crippen LogP) is 5.18. The minimum atomic E-state index is -0.335. The highest BCUT2D eigenvalue weighted by Gasteiger charge is 2.17. The summed E-state index contributed by atoms with van der Waals surface area (Å²) in [6, 6.07) is 10.8. The quantitative estimate of drug-likeness (QED) is 0.300. The molecule has 6 heterocycles. The monoisotopic (exact) mass is 522 g/mol. The van der Waals surface area contributed by atoms with Gasteiger partial charge >= 0.3 is 0 Å². The average Bonchev–Trinajstić information content (AvgIpc) is 3.74. The molecule has 2 N–H and O–H groups in total. The lowest BCUT2D eigenvalue weighted by Crippen LogP contribution is -2.25. The van der Waals surface area contributed by atoms with Crippen molar-refractivity contribution in [2.45, 2.75) is 12.8 Å². The highest BCUT2D eigenvalue weighted by molar-refractivity contribution is 6.00. The van der Waals surface area contributed by atoms with Crippen molar-refractivity contribution in [1.29, 1.82) is 0 Å². The summed E-state index contributed by atoms with van der Waals surface area (Å²) in [5.41, 5.74) is 6.42. The molecule has 9 nitrogen and oxygen atoms in total. The highest BCUT2D eigenvalue weighted by atomic mass is 19.1. The van der Waals surface area contributed by atoms with Crippen LogP contribution in [-0.2, 0) is 7.05 Å². The minimum absolute atomic E-state index is 0.335. The maximum absolute atomic E-state index is 14.7. The van der Waals surface area contributed by atoms with Gasteiger partial charge in [0.05, 0.1) is 29.3 Å². The van der Waals surface area contributed by atoms with Crippen molar-refractivity contribution in [3.63, 3.8) is 0 Å². The Morgan fingerprint density at radius 2 is 1.90 bits per heavy atom. The van der Waals surface area contributed by atoms with Crippen molar-refractivity contribution in [3.8, 4) is 39.5 Å². The Bertz CT molecular complexity index is 1800. The fourth-order valence-corrected chi connectivity index (χ4v) is 5.34. The lowest BCUT2D eigenvalue weighted by atomic mass is 10.0. The van der Waals surface area contributed by atoms with E-state index in [1.165, 1.54) is 25.0 Å². The van der Waals surface area contributed by atoms with Crippen molar-refractivity contribution in [2.24, 2.45) is 7.05 Å². The van der Waals surface area contributed by atoms with Gasteiger partial charge in [0.1, 0.15) is 29.5 Å². The molecule has 0 saturated carbocycles. The topological polar surface area (TPSA) is 101 Å². The third kappa shape index (κ3) is 4.52. The van der Waals surface area contributed by atoms with Crippen LogP contribution in [0.15, 0.2) is 61.2 Å². The zero-order valence-electron chi connectivity index (χ0n) is 21.5. The molecule has 6 aromatic rings. The Hall–Kier alpha value is -4.57. The lowest BCUT2D eigenvalue weighted by molar-refractivity contribution is 0.237. The second-order valence-corrected chi connectivity index (χ2v) is 9.97. The smallest absolute Gasteiger partial charge is 0.138 e. The van der Waals surface area contributed by atoms with Gasteiger partial charge in [-0.1, -0.05) is 0 Å². The SMILES string of the molecule is Cn1cc(-c2cc3c(-c4cc5c(-c6cc(F)cc(OCCN7CCCC7)c6)ccnc5[nH]4)n[nH]c3cn2)cn1. The van der Waals surface area contributed by atoms with Gasteiger partial charge in [-0.2, -0.15) is 10.2 Å². The van der Waals surface area contributed by atoms with E-state index in [4.69, 9.17) is 4.74 Å². The number of nitrogens with one attached hydrogen (secondary N) is 2. The molecule has 0 unspecified atom stereocenters. The van der Waals surface area contributed by atoms with Gasteiger partial charge in [0, 0.05) is 48.4 Å². The van der Waals surface area contributed by atoms with Crippen LogP contribution in [0, 0.1) is 5.82 Å². The fourth-order valence-electron chi connectivity index (χ4n) is 5.34. The van der Waals surface area contributed by atoms with Crippen LogP contribution in [0.25, 0.3) is 55.7 Å². The molecule has 1 aliphatic rings. The number of rotatable bonds is 7. The highest BCUT2D eigenvalue weighted by Crippen LogP contribution is 2.35. The first-order valence-electron chi connectivity index (χ1n) is 13.1. The number of hydrogen-bond acceptors (Lipinski definition) is 6. The van der Waals surface area contributed by atoms with Gasteiger partial charge in [-0.25, -0.2) is 9.37 Å². The molecule has 1 aromatic carbocycles. The van der Waals surface area contributed by atoms with Crippen LogP contribution in [0.3, 0.4) is 0 Å². The molecule has 0 spiro atoms. The van der Waals surface area contributed by atoms with Gasteiger partial charge in [0.15, 0.2) is 0 Å². The van der Waals surface area contributed by atoms with Crippen LogP contribution < -0.4 is 4.74 Å². The Labute approximate surface area is 223 Å². The van der Waals surface area contributed by atoms with Crippen LogP contribution in [0.1, 0.15) is 12.8 Å². The van der Waals surface area contributed by atoms with Gasteiger partial charge in [0.25, 0.3) is 0 Å². The molecule has 0 atom stereocenters. The van der Waals surface area contributed by atoms with E-state index in [2.05, 4.69) is 35.1 Å². The molecule has 10 heteroatoms. The molecular weight excluding hydrogens is 495 g/mol. The summed E-state index contributed by atoms with van der Waals surface area (Å²) in [5.74, 6) is 0.191. The number of pyridine rings is 2. The van der Waals surface area contributed by atoms with Gasteiger partial charge in [-0.3, -0.25) is 19.7 Å². The summed E-state index contributed by atoms with van der Waals surface area (Å²) >= 11 is 0. The number of benzene rings is 1. The van der Waals surface area contributed by atoms with Crippen LogP contribution >= 0.6 is 0 Å². The van der Waals surface area contributed by atoms with E-state index in [0.29, 0.717) is 18.0 Å². The summed E-state index contributed by atoms with van der Waals surface area (Å²) in [4.78, 5) is 14.9. The number of aromatic nitrogens is 7. The predicted molar refractivity (Wildman–Crippen MR) is 148 cm³/mol. The van der Waals surface area contributed by atoms with Gasteiger partial charge in [-0.05, 0) is 67.4 Å². The zero-order valence-corrected chi connectivity index (χ0v) is 21.5. The van der Waals surface area contributed by atoms with E-state index in [-0.39, 0.29) is 5.82 Å². The maximum atomic E-state index is 14.7. The van der Waals surface area contributed by atoms with E-state index in [9.17, 15) is 4.39 Å². The van der Waals surface area contributed by atoms with E-state index >= 15 is 0 Å². The summed E-state index contributed by atoms with van der Waals surface area (Å²) in [6.45, 7) is 3.59. The summed E-state index contributed by atoms with van der Waals surface area (Å²) < 4.78 is 22.4. The Kier molecular flexibility index (Phi) is 5.81. The van der Waals surface area contributed by atoms with Crippen molar-refractivity contribution < 1.29 is 9.13 Å². The van der Waals surface area contributed by atoms with Crippen molar-refractivity contribution >= 4 is 21.9 Å². The first kappa shape index (κ1) is 23.5. The van der Waals surface area contributed by atoms with Crippen molar-refractivity contribution in [3.05, 3.63) is 67.0 Å². The van der Waals surface area contributed by atoms with E-state index in [1.54, 1.807) is 23.3 Å². The molecule has 5 aromatic heterocycles. The summed E-state index contributed by atoms with van der Waals surface area (Å²) in [6.07, 6.45) is 9.68. The number of fused-ring (bicyclic) bond motifs is 2. The van der Waals surface area contributed by atoms with Crippen LogP contribution in [0.4, 0.5) is 4.39 Å². The molecule has 0 bridgehead atoms. The number of aromatic amines is 2. The van der Waals surface area contributed by atoms with E-state index < -0.39 is 0 Å². The Balaban J connectivity index is 1.23. The number of aryl methyl sites for hydroxylation is 1. The number of H-pyrrole nitrogens is 2. The van der Waals surface area contributed by atoms with Gasteiger partial charge in [0.2, 0.25) is 0 Å². The minimum Gasteiger partial charge on any atom is -0.492 e. The normalized spacial score (nSPS) is 14.1. The number of ether oxygens (including phenoxy) is 1. The third-order valence-corrected chi connectivity index (χ3v) is 7.29. The fraction of sp³-hybridized carbons (Fsp3) is 0.241. The molecule has 0 amide bonds. The van der Waals surface area contributed by atoms with Crippen LogP contribution in [0.2, 0.25) is 0 Å². The maximum Gasteiger partial charge on any atom is 0.138 e. The zero-order chi connectivity index (χ0) is 26.3. The average molecular weight is 523 g/mol. The molecule has 0 aliphatic carbocycles. The summed E-state index contributed by atoms with van der Waals surface area (Å²) in [5, 5.41) is 13.7. The number of nitrogens with zero attached hydrogens (tertiary/aromatic N) is 6. The first-order valence-corrected chi connectivity index (χ1v) is 13.1. The molecule has 39 heavy (non-hydrogen) atoms. The molecule has 1 aliphatic heterocycles. The first-order chi connectivity index (χ1) is 19.1. The van der Waals surface area contributed by atoms with E-state index in [0.717, 1.165) is 69.7 Å². The van der Waals surface area contributed by atoms with Gasteiger partial charge in [-0.15, -0.1) is 0 Å². The third-order valence-electron chi connectivity index (χ3n) is 7.29. The Morgan fingerprint density at radius 1 is 1.00 bits per heavy atom. The molecule has 7 rings (SSSR count). The van der Waals surface area contributed by atoms with Crippen LogP contribution in [0.5, 0.6) is 5.75 Å². The molecule has 0 radical (unpaired) electrons. The van der Waals surface area contributed by atoms with Crippen LogP contribution in [-0.4, -0.2) is 66.1 Å². The van der Waals surface area contributed by atoms with E-state index in [1.807, 2.05) is 37.5 Å². The second-order valence-electron chi connectivity index (χ2n) is 9.97. The number of halogens is 1. The molecule has 1 saturated heterocycles. The molecular formula is C29H27FN8O.